The molecule has 2 aromatic carbocycles. The minimum absolute atomic E-state index is 0.160. The molecule has 0 aliphatic heterocycles. The average Bonchev–Trinajstić information content (AvgIpc) is 2.80. The van der Waals surface area contributed by atoms with Gasteiger partial charge in [0.1, 0.15) is 5.82 Å². The maximum absolute atomic E-state index is 13.0. The molecule has 2 aromatic rings. The quantitative estimate of drug-likeness (QED) is 0.888. The maximum atomic E-state index is 13.0. The van der Waals surface area contributed by atoms with E-state index in [0.29, 0.717) is 12.0 Å². The van der Waals surface area contributed by atoms with Gasteiger partial charge in [0.2, 0.25) is 0 Å². The zero-order chi connectivity index (χ0) is 13.9. The molecule has 0 bridgehead atoms. The summed E-state index contributed by atoms with van der Waals surface area (Å²) in [5.41, 5.74) is 4.10. The van der Waals surface area contributed by atoms with Crippen LogP contribution in [0.4, 0.5) is 4.39 Å². The zero-order valence-corrected chi connectivity index (χ0v) is 11.8. The molecular formula is C18H20FN. The van der Waals surface area contributed by atoms with Crippen LogP contribution in [-0.2, 0) is 12.8 Å². The second-order valence-electron chi connectivity index (χ2n) is 5.53. The lowest BCUT2D eigenvalue weighted by atomic mass is 9.93. The van der Waals surface area contributed by atoms with Gasteiger partial charge in [0.15, 0.2) is 0 Å². The third-order valence-electron chi connectivity index (χ3n) is 4.18. The first-order valence-electron chi connectivity index (χ1n) is 7.33. The van der Waals surface area contributed by atoms with Gasteiger partial charge in [-0.15, -0.1) is 0 Å². The number of fused-ring (bicyclic) bond motifs is 1. The summed E-state index contributed by atoms with van der Waals surface area (Å²) >= 11 is 0. The highest BCUT2D eigenvalue weighted by Gasteiger charge is 2.31. The minimum Gasteiger partial charge on any atom is -0.310 e. The summed E-state index contributed by atoms with van der Waals surface area (Å²) in [4.78, 5) is 0. The molecule has 1 N–H and O–H groups in total. The molecule has 2 heteroatoms. The summed E-state index contributed by atoms with van der Waals surface area (Å²) in [6.45, 7) is 3.12. The van der Waals surface area contributed by atoms with Crippen molar-refractivity contribution in [3.8, 4) is 0 Å². The van der Waals surface area contributed by atoms with Crippen molar-refractivity contribution in [2.45, 2.75) is 25.8 Å². The van der Waals surface area contributed by atoms with Gasteiger partial charge < -0.3 is 5.32 Å². The summed E-state index contributed by atoms with van der Waals surface area (Å²) in [5, 5.41) is 3.61. The van der Waals surface area contributed by atoms with E-state index in [2.05, 4.69) is 36.5 Å². The number of rotatable bonds is 4. The SMILES string of the molecule is CCNC1c2ccccc2CC1Cc1ccc(F)cc1. The van der Waals surface area contributed by atoms with E-state index < -0.39 is 0 Å². The average molecular weight is 269 g/mol. The van der Waals surface area contributed by atoms with Gasteiger partial charge in [-0.05, 0) is 54.1 Å². The molecule has 0 aromatic heterocycles. The molecule has 1 aliphatic carbocycles. The molecule has 1 aliphatic rings. The number of benzene rings is 2. The van der Waals surface area contributed by atoms with Crippen molar-refractivity contribution in [1.82, 2.24) is 5.32 Å². The van der Waals surface area contributed by atoms with Gasteiger partial charge >= 0.3 is 0 Å². The van der Waals surface area contributed by atoms with Crippen LogP contribution < -0.4 is 5.32 Å². The minimum atomic E-state index is -0.160. The molecule has 2 atom stereocenters. The van der Waals surface area contributed by atoms with Crippen LogP contribution in [0.2, 0.25) is 0 Å². The Labute approximate surface area is 119 Å². The lowest BCUT2D eigenvalue weighted by Gasteiger charge is -2.21. The molecule has 2 unspecified atom stereocenters. The summed E-state index contributed by atoms with van der Waals surface area (Å²) in [7, 11) is 0. The van der Waals surface area contributed by atoms with Crippen LogP contribution in [0.5, 0.6) is 0 Å². The molecule has 1 nitrogen and oxygen atoms in total. The van der Waals surface area contributed by atoms with Gasteiger partial charge in [0, 0.05) is 6.04 Å². The van der Waals surface area contributed by atoms with Gasteiger partial charge in [-0.1, -0.05) is 43.3 Å². The zero-order valence-electron chi connectivity index (χ0n) is 11.8. The second kappa shape index (κ2) is 5.76. The normalized spacial score (nSPS) is 20.9. The second-order valence-corrected chi connectivity index (χ2v) is 5.53. The van der Waals surface area contributed by atoms with Crippen molar-refractivity contribution in [2.75, 3.05) is 6.54 Å². The molecular weight excluding hydrogens is 249 g/mol. The summed E-state index contributed by atoms with van der Waals surface area (Å²) in [6.07, 6.45) is 2.10. The topological polar surface area (TPSA) is 12.0 Å². The molecule has 0 spiro atoms. The van der Waals surface area contributed by atoms with E-state index in [1.807, 2.05) is 12.1 Å². The Kier molecular flexibility index (Phi) is 3.83. The molecule has 0 heterocycles. The van der Waals surface area contributed by atoms with E-state index in [1.165, 1.54) is 16.7 Å². The number of hydrogen-bond acceptors (Lipinski definition) is 1. The Hall–Kier alpha value is -1.67. The van der Waals surface area contributed by atoms with Crippen molar-refractivity contribution in [3.05, 3.63) is 71.0 Å². The molecule has 0 saturated heterocycles. The highest BCUT2D eigenvalue weighted by atomic mass is 19.1. The number of hydrogen-bond donors (Lipinski definition) is 1. The third kappa shape index (κ3) is 2.61. The van der Waals surface area contributed by atoms with E-state index in [4.69, 9.17) is 0 Å². The van der Waals surface area contributed by atoms with Crippen LogP contribution in [0.15, 0.2) is 48.5 Å². The van der Waals surface area contributed by atoms with E-state index in [1.54, 1.807) is 12.1 Å². The first-order valence-corrected chi connectivity index (χ1v) is 7.33. The van der Waals surface area contributed by atoms with Crippen LogP contribution in [0.25, 0.3) is 0 Å². The molecule has 3 rings (SSSR count). The van der Waals surface area contributed by atoms with Gasteiger partial charge in [-0.2, -0.15) is 0 Å². The number of halogens is 1. The van der Waals surface area contributed by atoms with Crippen molar-refractivity contribution in [1.29, 1.82) is 0 Å². The van der Waals surface area contributed by atoms with Gasteiger partial charge in [-0.25, -0.2) is 4.39 Å². The van der Waals surface area contributed by atoms with Gasteiger partial charge in [-0.3, -0.25) is 0 Å². The van der Waals surface area contributed by atoms with Crippen molar-refractivity contribution in [3.63, 3.8) is 0 Å². The van der Waals surface area contributed by atoms with Crippen LogP contribution in [0.1, 0.15) is 29.7 Å². The van der Waals surface area contributed by atoms with E-state index >= 15 is 0 Å². The molecule has 0 amide bonds. The summed E-state index contributed by atoms with van der Waals surface area (Å²) in [5.74, 6) is 0.393. The van der Waals surface area contributed by atoms with Gasteiger partial charge in [0.05, 0.1) is 0 Å². The predicted molar refractivity (Wildman–Crippen MR) is 80.2 cm³/mol. The van der Waals surface area contributed by atoms with Crippen LogP contribution in [-0.4, -0.2) is 6.54 Å². The molecule has 104 valence electrons. The van der Waals surface area contributed by atoms with E-state index in [0.717, 1.165) is 19.4 Å². The maximum Gasteiger partial charge on any atom is 0.123 e. The highest BCUT2D eigenvalue weighted by Crippen LogP contribution is 2.37. The Bertz CT molecular complexity index is 576. The largest absolute Gasteiger partial charge is 0.310 e. The summed E-state index contributed by atoms with van der Waals surface area (Å²) < 4.78 is 13.0. The van der Waals surface area contributed by atoms with Crippen LogP contribution in [0, 0.1) is 11.7 Å². The fraction of sp³-hybridized carbons (Fsp3) is 0.333. The monoisotopic (exact) mass is 269 g/mol. The standard InChI is InChI=1S/C18H20FN/c1-2-20-18-15(11-13-7-9-16(19)10-8-13)12-14-5-3-4-6-17(14)18/h3-10,15,18,20H,2,11-12H2,1H3. The Balaban J connectivity index is 1.81. The van der Waals surface area contributed by atoms with E-state index in [-0.39, 0.29) is 5.82 Å². The fourth-order valence-corrected chi connectivity index (χ4v) is 3.29. The predicted octanol–water partition coefficient (Wildman–Crippen LogP) is 3.89. The molecule has 0 saturated carbocycles. The lowest BCUT2D eigenvalue weighted by Crippen LogP contribution is -2.26. The molecule has 0 radical (unpaired) electrons. The van der Waals surface area contributed by atoms with Gasteiger partial charge in [0.25, 0.3) is 0 Å². The number of nitrogens with one attached hydrogen (secondary N) is 1. The van der Waals surface area contributed by atoms with Crippen molar-refractivity contribution >= 4 is 0 Å². The fourth-order valence-electron chi connectivity index (χ4n) is 3.29. The van der Waals surface area contributed by atoms with E-state index in [9.17, 15) is 4.39 Å². The van der Waals surface area contributed by atoms with Crippen molar-refractivity contribution in [2.24, 2.45) is 5.92 Å². The first-order chi connectivity index (χ1) is 9.78. The Morgan fingerprint density at radius 3 is 2.60 bits per heavy atom. The smallest absolute Gasteiger partial charge is 0.123 e. The molecule has 0 fully saturated rings. The van der Waals surface area contributed by atoms with Crippen LogP contribution in [0.3, 0.4) is 0 Å². The third-order valence-corrected chi connectivity index (χ3v) is 4.18. The Morgan fingerprint density at radius 2 is 1.85 bits per heavy atom. The van der Waals surface area contributed by atoms with Crippen molar-refractivity contribution < 1.29 is 4.39 Å². The van der Waals surface area contributed by atoms with Crippen LogP contribution >= 0.6 is 0 Å². The lowest BCUT2D eigenvalue weighted by molar-refractivity contribution is 0.393. The Morgan fingerprint density at radius 1 is 1.10 bits per heavy atom. The molecule has 20 heavy (non-hydrogen) atoms. The summed E-state index contributed by atoms with van der Waals surface area (Å²) in [6, 6.07) is 16.0. The highest BCUT2D eigenvalue weighted by molar-refractivity contribution is 5.36. The first kappa shape index (κ1) is 13.3.